The molecule has 2 aromatic rings. The second kappa shape index (κ2) is 8.86. The van der Waals surface area contributed by atoms with Crippen molar-refractivity contribution in [3.63, 3.8) is 0 Å². The van der Waals surface area contributed by atoms with Crippen molar-refractivity contribution in [2.75, 3.05) is 10.8 Å². The first-order valence-electron chi connectivity index (χ1n) is 9.11. The van der Waals surface area contributed by atoms with E-state index in [1.165, 1.54) is 4.31 Å². The molecule has 0 amide bonds. The number of sulfonamides is 1. The molecule has 27 heavy (non-hydrogen) atoms. The van der Waals surface area contributed by atoms with E-state index in [1.54, 1.807) is 30.8 Å². The minimum atomic E-state index is -3.75. The number of nitrogens with zero attached hydrogens (tertiary/aromatic N) is 1. The van der Waals surface area contributed by atoms with Gasteiger partial charge in [-0.05, 0) is 59.5 Å². The predicted octanol–water partition coefficient (Wildman–Crippen LogP) is 3.56. The van der Waals surface area contributed by atoms with Gasteiger partial charge in [-0.25, -0.2) is 8.42 Å². The molecular formula is C21H28NO3SSi. The molecule has 0 aliphatic rings. The van der Waals surface area contributed by atoms with E-state index in [1.807, 2.05) is 38.1 Å². The van der Waals surface area contributed by atoms with Gasteiger partial charge in [-0.1, -0.05) is 51.6 Å². The van der Waals surface area contributed by atoms with Gasteiger partial charge in [-0.3, -0.25) is 4.31 Å². The molecule has 145 valence electrons. The molecule has 0 atom stereocenters. The molecule has 2 rings (SSSR count). The quantitative estimate of drug-likeness (QED) is 0.687. The lowest BCUT2D eigenvalue weighted by Gasteiger charge is -2.27. The number of rotatable bonds is 8. The number of benzene rings is 2. The van der Waals surface area contributed by atoms with Crippen LogP contribution in [0.3, 0.4) is 0 Å². The molecule has 1 radical (unpaired) electrons. The maximum atomic E-state index is 13.4. The van der Waals surface area contributed by atoms with Gasteiger partial charge in [-0.15, -0.1) is 0 Å². The third-order valence-electron chi connectivity index (χ3n) is 4.39. The third kappa shape index (κ3) is 4.89. The lowest BCUT2D eigenvalue weighted by Crippen LogP contribution is -2.36. The van der Waals surface area contributed by atoms with Gasteiger partial charge in [0.05, 0.1) is 10.6 Å². The first-order chi connectivity index (χ1) is 12.7. The van der Waals surface area contributed by atoms with E-state index >= 15 is 0 Å². The minimum Gasteiger partial charge on any atom is -0.427 e. The molecule has 0 aliphatic carbocycles. The van der Waals surface area contributed by atoms with Crippen molar-refractivity contribution < 1.29 is 13.2 Å². The Morgan fingerprint density at radius 1 is 1.19 bits per heavy atom. The van der Waals surface area contributed by atoms with Crippen LogP contribution in [0.25, 0.3) is 6.08 Å². The van der Waals surface area contributed by atoms with Crippen LogP contribution in [0.1, 0.15) is 31.9 Å². The van der Waals surface area contributed by atoms with E-state index in [9.17, 15) is 13.2 Å². The molecule has 0 aromatic heterocycles. The van der Waals surface area contributed by atoms with E-state index in [0.717, 1.165) is 17.5 Å². The van der Waals surface area contributed by atoms with Crippen LogP contribution in [0.2, 0.25) is 6.55 Å². The molecule has 6 heteroatoms. The van der Waals surface area contributed by atoms with Crippen LogP contribution in [0, 0.1) is 5.92 Å². The Morgan fingerprint density at radius 2 is 1.81 bits per heavy atom. The van der Waals surface area contributed by atoms with Gasteiger partial charge >= 0.3 is 0 Å². The minimum absolute atomic E-state index is 0.168. The van der Waals surface area contributed by atoms with Gasteiger partial charge in [-0.2, -0.15) is 0 Å². The first-order valence-corrected chi connectivity index (χ1v) is 12.5. The summed E-state index contributed by atoms with van der Waals surface area (Å²) in [6, 6.07) is 12.5. The summed E-state index contributed by atoms with van der Waals surface area (Å²) >= 11 is 0. The standard InChI is InChI=1S/C21H28NO3SSi/c1-6-17-8-11-19(12-9-17)22(15-16(3)4)26(23,24)20-13-10-18(7-2)21(14-20)27(5)25/h7-14,16,25H,2,6,15H2,1,3-5H3. The first kappa shape index (κ1) is 21.4. The Kier molecular flexibility index (Phi) is 7.03. The highest BCUT2D eigenvalue weighted by atomic mass is 32.2. The zero-order chi connectivity index (χ0) is 20.2. The van der Waals surface area contributed by atoms with E-state index in [-0.39, 0.29) is 10.8 Å². The molecule has 0 heterocycles. The third-order valence-corrected chi connectivity index (χ3v) is 7.39. The second-order valence-electron chi connectivity index (χ2n) is 6.99. The molecule has 0 aliphatic heterocycles. The Bertz CT molecular complexity index is 890. The molecule has 0 saturated heterocycles. The zero-order valence-electron chi connectivity index (χ0n) is 16.4. The smallest absolute Gasteiger partial charge is 0.264 e. The monoisotopic (exact) mass is 402 g/mol. The van der Waals surface area contributed by atoms with E-state index in [0.29, 0.717) is 17.4 Å². The summed E-state index contributed by atoms with van der Waals surface area (Å²) in [5, 5.41) is 0.655. The van der Waals surface area contributed by atoms with Crippen molar-refractivity contribution in [3.05, 3.63) is 60.2 Å². The number of aryl methyl sites for hydroxylation is 1. The summed E-state index contributed by atoms with van der Waals surface area (Å²) in [6.45, 7) is 11.9. The molecule has 0 spiro atoms. The van der Waals surface area contributed by atoms with Gasteiger partial charge < -0.3 is 4.80 Å². The largest absolute Gasteiger partial charge is 0.427 e. The zero-order valence-corrected chi connectivity index (χ0v) is 18.3. The van der Waals surface area contributed by atoms with Crippen LogP contribution >= 0.6 is 0 Å². The Hall–Kier alpha value is -1.89. The number of hydrogen-bond acceptors (Lipinski definition) is 3. The molecule has 0 unspecified atom stereocenters. The van der Waals surface area contributed by atoms with Crippen LogP contribution in [0.15, 0.2) is 53.9 Å². The van der Waals surface area contributed by atoms with Gasteiger partial charge in [0.1, 0.15) is 0 Å². The maximum Gasteiger partial charge on any atom is 0.264 e. The number of hydrogen-bond donors (Lipinski definition) is 1. The van der Waals surface area contributed by atoms with Crippen molar-refractivity contribution in [2.24, 2.45) is 5.92 Å². The Labute approximate surface area is 164 Å². The average Bonchev–Trinajstić information content (AvgIpc) is 2.65. The van der Waals surface area contributed by atoms with Crippen LogP contribution in [0.5, 0.6) is 0 Å². The van der Waals surface area contributed by atoms with E-state index in [2.05, 4.69) is 13.5 Å². The molecular weight excluding hydrogens is 374 g/mol. The van der Waals surface area contributed by atoms with Gasteiger partial charge in [0.2, 0.25) is 9.04 Å². The Morgan fingerprint density at radius 3 is 2.30 bits per heavy atom. The molecule has 4 nitrogen and oxygen atoms in total. The topological polar surface area (TPSA) is 57.6 Å². The SMILES string of the molecule is C=Cc1ccc(S(=O)(=O)N(CC(C)C)c2ccc(CC)cc2)cc1[Si](C)O. The number of anilines is 1. The summed E-state index contributed by atoms with van der Waals surface area (Å²) in [4.78, 5) is 10.3. The predicted molar refractivity (Wildman–Crippen MR) is 115 cm³/mol. The normalized spacial score (nSPS) is 11.8. The van der Waals surface area contributed by atoms with Crippen LogP contribution in [-0.2, 0) is 16.4 Å². The van der Waals surface area contributed by atoms with Crippen LogP contribution in [-0.4, -0.2) is 28.8 Å². The van der Waals surface area contributed by atoms with Crippen molar-refractivity contribution in [1.82, 2.24) is 0 Å². The fourth-order valence-corrected chi connectivity index (χ4v) is 5.61. The highest BCUT2D eigenvalue weighted by Gasteiger charge is 2.27. The van der Waals surface area contributed by atoms with E-state index in [4.69, 9.17) is 0 Å². The maximum absolute atomic E-state index is 13.4. The summed E-state index contributed by atoms with van der Waals surface area (Å²) in [5.74, 6) is 0.168. The molecule has 0 bridgehead atoms. The van der Waals surface area contributed by atoms with Crippen LogP contribution in [0.4, 0.5) is 5.69 Å². The van der Waals surface area contributed by atoms with Gasteiger partial charge in [0.25, 0.3) is 10.0 Å². The summed E-state index contributed by atoms with van der Waals surface area (Å²) in [6.07, 6.45) is 2.55. The fraction of sp³-hybridized carbons (Fsp3) is 0.333. The Balaban J connectivity index is 2.56. The summed E-state index contributed by atoms with van der Waals surface area (Å²) in [5.41, 5.74) is 2.59. The second-order valence-corrected chi connectivity index (χ2v) is 10.6. The average molecular weight is 403 g/mol. The lowest BCUT2D eigenvalue weighted by molar-refractivity contribution is 0.578. The van der Waals surface area contributed by atoms with Crippen LogP contribution < -0.4 is 9.49 Å². The molecule has 0 fully saturated rings. The molecule has 1 N–H and O–H groups in total. The fourth-order valence-electron chi connectivity index (χ4n) is 2.89. The van der Waals surface area contributed by atoms with Crippen molar-refractivity contribution >= 4 is 36.0 Å². The van der Waals surface area contributed by atoms with Crippen molar-refractivity contribution in [1.29, 1.82) is 0 Å². The summed E-state index contributed by atoms with van der Waals surface area (Å²) < 4.78 is 28.3. The highest BCUT2D eigenvalue weighted by Crippen LogP contribution is 2.25. The lowest BCUT2D eigenvalue weighted by atomic mass is 10.1. The van der Waals surface area contributed by atoms with Gasteiger partial charge in [0, 0.05) is 6.54 Å². The van der Waals surface area contributed by atoms with Gasteiger partial charge in [0.15, 0.2) is 0 Å². The summed E-state index contributed by atoms with van der Waals surface area (Å²) in [7, 11) is -5.56. The van der Waals surface area contributed by atoms with Crippen molar-refractivity contribution in [2.45, 2.75) is 38.6 Å². The molecule has 2 aromatic carbocycles. The molecule has 0 saturated carbocycles. The van der Waals surface area contributed by atoms with E-state index < -0.39 is 19.1 Å². The van der Waals surface area contributed by atoms with Crippen molar-refractivity contribution in [3.8, 4) is 0 Å². The highest BCUT2D eigenvalue weighted by molar-refractivity contribution is 7.92.